The Morgan fingerprint density at radius 2 is 2.19 bits per heavy atom. The van der Waals surface area contributed by atoms with Gasteiger partial charge in [0.2, 0.25) is 0 Å². The van der Waals surface area contributed by atoms with Crippen LogP contribution in [-0.2, 0) is 4.79 Å². The smallest absolute Gasteiger partial charge is 0.308 e. The summed E-state index contributed by atoms with van der Waals surface area (Å²) in [6, 6.07) is 0.0856. The predicted octanol–water partition coefficient (Wildman–Crippen LogP) is 2.40. The van der Waals surface area contributed by atoms with Crippen LogP contribution in [0.3, 0.4) is 0 Å². The summed E-state index contributed by atoms with van der Waals surface area (Å²) in [7, 11) is 0. The van der Waals surface area contributed by atoms with E-state index >= 15 is 0 Å². The molecule has 0 aliphatic heterocycles. The summed E-state index contributed by atoms with van der Waals surface area (Å²) >= 11 is 0. The molecular weight excluding hydrogens is 204 g/mol. The highest BCUT2D eigenvalue weighted by molar-refractivity contribution is 5.70. The summed E-state index contributed by atoms with van der Waals surface area (Å²) in [6.45, 7) is 1.93. The molecule has 2 atom stereocenters. The van der Waals surface area contributed by atoms with Gasteiger partial charge in [0.05, 0.1) is 5.92 Å². The van der Waals surface area contributed by atoms with Crippen molar-refractivity contribution in [2.24, 2.45) is 5.92 Å². The minimum atomic E-state index is -0.667. The van der Waals surface area contributed by atoms with Crippen LogP contribution in [0.2, 0.25) is 0 Å². The van der Waals surface area contributed by atoms with Gasteiger partial charge in [-0.3, -0.25) is 4.79 Å². The van der Waals surface area contributed by atoms with E-state index in [2.05, 4.69) is 4.98 Å². The number of rotatable bonds is 2. The van der Waals surface area contributed by atoms with Crippen LogP contribution in [0.1, 0.15) is 44.0 Å². The second-order valence-corrected chi connectivity index (χ2v) is 4.53. The summed E-state index contributed by atoms with van der Waals surface area (Å²) in [5, 5.41) is 9.29. The first-order chi connectivity index (χ1) is 7.70. The van der Waals surface area contributed by atoms with Crippen molar-refractivity contribution in [3.05, 3.63) is 18.2 Å². The highest BCUT2D eigenvalue weighted by atomic mass is 16.4. The molecule has 1 heterocycles. The highest BCUT2D eigenvalue weighted by Crippen LogP contribution is 2.33. The lowest BCUT2D eigenvalue weighted by atomic mass is 9.94. The monoisotopic (exact) mass is 222 g/mol. The number of hydrogen-bond donors (Lipinski definition) is 1. The van der Waals surface area contributed by atoms with E-state index in [1.54, 1.807) is 6.20 Å². The summed E-state index contributed by atoms with van der Waals surface area (Å²) in [4.78, 5) is 15.5. The molecule has 0 spiro atoms. The van der Waals surface area contributed by atoms with E-state index in [0.29, 0.717) is 0 Å². The van der Waals surface area contributed by atoms with Gasteiger partial charge >= 0.3 is 5.97 Å². The Bertz CT molecular complexity index is 373. The predicted molar refractivity (Wildman–Crippen MR) is 60.2 cm³/mol. The average molecular weight is 222 g/mol. The van der Waals surface area contributed by atoms with Crippen molar-refractivity contribution in [1.82, 2.24) is 9.55 Å². The van der Waals surface area contributed by atoms with E-state index in [1.165, 1.54) is 0 Å². The molecule has 0 saturated heterocycles. The second kappa shape index (κ2) is 4.68. The molecule has 1 aromatic rings. The number of hydrogen-bond acceptors (Lipinski definition) is 2. The number of imidazole rings is 1. The number of aryl methyl sites for hydroxylation is 1. The van der Waals surface area contributed by atoms with Gasteiger partial charge in [-0.25, -0.2) is 4.98 Å². The van der Waals surface area contributed by atoms with Crippen LogP contribution in [0.25, 0.3) is 0 Å². The Hall–Kier alpha value is -1.32. The van der Waals surface area contributed by atoms with Crippen LogP contribution in [0.15, 0.2) is 12.4 Å². The number of aromatic nitrogens is 2. The molecule has 1 fully saturated rings. The summed E-state index contributed by atoms with van der Waals surface area (Å²) in [6.07, 6.45) is 8.69. The van der Waals surface area contributed by atoms with Crippen molar-refractivity contribution in [1.29, 1.82) is 0 Å². The van der Waals surface area contributed by atoms with Crippen LogP contribution in [-0.4, -0.2) is 20.6 Å². The quantitative estimate of drug-likeness (QED) is 0.782. The zero-order valence-corrected chi connectivity index (χ0v) is 9.59. The van der Waals surface area contributed by atoms with Gasteiger partial charge in [0, 0.05) is 18.4 Å². The van der Waals surface area contributed by atoms with Gasteiger partial charge in [-0.15, -0.1) is 0 Å². The summed E-state index contributed by atoms with van der Waals surface area (Å²) < 4.78 is 2.03. The number of carboxylic acid groups (broad SMARTS) is 1. The molecule has 0 amide bonds. The maximum absolute atomic E-state index is 11.3. The largest absolute Gasteiger partial charge is 0.481 e. The van der Waals surface area contributed by atoms with Crippen LogP contribution in [0, 0.1) is 12.8 Å². The second-order valence-electron chi connectivity index (χ2n) is 4.53. The van der Waals surface area contributed by atoms with Crippen molar-refractivity contribution in [2.45, 2.75) is 45.1 Å². The van der Waals surface area contributed by atoms with Crippen molar-refractivity contribution < 1.29 is 9.90 Å². The number of nitrogens with zero attached hydrogens (tertiary/aromatic N) is 2. The van der Waals surface area contributed by atoms with E-state index in [-0.39, 0.29) is 12.0 Å². The fraction of sp³-hybridized carbons (Fsp3) is 0.667. The van der Waals surface area contributed by atoms with Crippen molar-refractivity contribution in [2.75, 3.05) is 0 Å². The SMILES string of the molecule is Cc1nccn1C1CCCCCC1C(=O)O. The molecule has 2 unspecified atom stereocenters. The van der Waals surface area contributed by atoms with Gasteiger partial charge in [0.15, 0.2) is 0 Å². The lowest BCUT2D eigenvalue weighted by Gasteiger charge is -2.24. The summed E-state index contributed by atoms with van der Waals surface area (Å²) in [5.74, 6) is -0.00597. The third-order valence-corrected chi connectivity index (χ3v) is 3.52. The van der Waals surface area contributed by atoms with Gasteiger partial charge in [-0.2, -0.15) is 0 Å². The molecular formula is C12H18N2O2. The molecule has 1 aliphatic carbocycles. The standard InChI is InChI=1S/C12H18N2O2/c1-9-13-7-8-14(9)11-6-4-2-3-5-10(11)12(15)16/h7-8,10-11H,2-6H2,1H3,(H,15,16). The minimum Gasteiger partial charge on any atom is -0.481 e. The molecule has 1 aliphatic rings. The molecule has 16 heavy (non-hydrogen) atoms. The van der Waals surface area contributed by atoms with Gasteiger partial charge < -0.3 is 9.67 Å². The van der Waals surface area contributed by atoms with Crippen LogP contribution in [0.5, 0.6) is 0 Å². The molecule has 1 N–H and O–H groups in total. The molecule has 1 aromatic heterocycles. The van der Waals surface area contributed by atoms with Gasteiger partial charge in [-0.05, 0) is 19.8 Å². The van der Waals surface area contributed by atoms with E-state index in [0.717, 1.165) is 37.9 Å². The minimum absolute atomic E-state index is 0.0856. The highest BCUT2D eigenvalue weighted by Gasteiger charge is 2.31. The third kappa shape index (κ3) is 2.10. The Labute approximate surface area is 95.3 Å². The van der Waals surface area contributed by atoms with E-state index in [4.69, 9.17) is 0 Å². The Morgan fingerprint density at radius 1 is 1.44 bits per heavy atom. The Kier molecular flexibility index (Phi) is 3.27. The molecule has 0 aromatic carbocycles. The van der Waals surface area contributed by atoms with Crippen molar-refractivity contribution >= 4 is 5.97 Å². The van der Waals surface area contributed by atoms with E-state index in [9.17, 15) is 9.90 Å². The first-order valence-corrected chi connectivity index (χ1v) is 5.92. The first-order valence-electron chi connectivity index (χ1n) is 5.92. The fourth-order valence-corrected chi connectivity index (χ4v) is 2.65. The van der Waals surface area contributed by atoms with E-state index in [1.807, 2.05) is 17.7 Å². The molecule has 1 saturated carbocycles. The van der Waals surface area contributed by atoms with Crippen LogP contribution in [0.4, 0.5) is 0 Å². The maximum atomic E-state index is 11.3. The van der Waals surface area contributed by atoms with Crippen LogP contribution < -0.4 is 0 Å². The zero-order chi connectivity index (χ0) is 11.5. The molecule has 0 bridgehead atoms. The normalized spacial score (nSPS) is 26.3. The van der Waals surface area contributed by atoms with Gasteiger partial charge in [0.25, 0.3) is 0 Å². The average Bonchev–Trinajstić information content (AvgIpc) is 2.54. The number of carbonyl (C=O) groups is 1. The van der Waals surface area contributed by atoms with Gasteiger partial charge in [0.1, 0.15) is 5.82 Å². The lowest BCUT2D eigenvalue weighted by molar-refractivity contribution is -0.143. The molecule has 2 rings (SSSR count). The van der Waals surface area contributed by atoms with Crippen molar-refractivity contribution in [3.63, 3.8) is 0 Å². The Balaban J connectivity index is 2.27. The molecule has 4 heteroatoms. The molecule has 4 nitrogen and oxygen atoms in total. The molecule has 88 valence electrons. The van der Waals surface area contributed by atoms with Crippen molar-refractivity contribution in [3.8, 4) is 0 Å². The number of aliphatic carboxylic acids is 1. The summed E-state index contributed by atoms with van der Waals surface area (Å²) in [5.41, 5.74) is 0. The third-order valence-electron chi connectivity index (χ3n) is 3.52. The van der Waals surface area contributed by atoms with E-state index < -0.39 is 5.97 Å². The van der Waals surface area contributed by atoms with Gasteiger partial charge in [-0.1, -0.05) is 19.3 Å². The molecule has 0 radical (unpaired) electrons. The fourth-order valence-electron chi connectivity index (χ4n) is 2.65. The first kappa shape index (κ1) is 11.2. The topological polar surface area (TPSA) is 55.1 Å². The number of carboxylic acids is 1. The maximum Gasteiger partial charge on any atom is 0.308 e. The van der Waals surface area contributed by atoms with Crippen LogP contribution >= 0.6 is 0 Å². The lowest BCUT2D eigenvalue weighted by Crippen LogP contribution is -2.25. The Morgan fingerprint density at radius 3 is 2.81 bits per heavy atom. The zero-order valence-electron chi connectivity index (χ0n) is 9.59.